The SMILES string of the molecule is COCCNC(=O)[C@@H]1C[C@H](Oc2ccccc2)CN1C(=O)c1ocnc1C. The molecule has 27 heavy (non-hydrogen) atoms. The molecule has 1 saturated heterocycles. The average Bonchev–Trinajstić information content (AvgIpc) is 3.28. The highest BCUT2D eigenvalue weighted by Crippen LogP contribution is 2.25. The summed E-state index contributed by atoms with van der Waals surface area (Å²) in [5.41, 5.74) is 0.492. The highest BCUT2D eigenvalue weighted by molar-refractivity contribution is 5.96. The summed E-state index contributed by atoms with van der Waals surface area (Å²) in [4.78, 5) is 31.0. The largest absolute Gasteiger partial charge is 0.488 e. The highest BCUT2D eigenvalue weighted by atomic mass is 16.5. The first-order chi connectivity index (χ1) is 13.1. The van der Waals surface area contributed by atoms with Gasteiger partial charge in [0.1, 0.15) is 17.9 Å². The zero-order valence-electron chi connectivity index (χ0n) is 15.4. The molecule has 0 unspecified atom stereocenters. The Morgan fingerprint density at radius 2 is 2.11 bits per heavy atom. The number of para-hydroxylation sites is 1. The molecule has 0 bridgehead atoms. The first-order valence-electron chi connectivity index (χ1n) is 8.79. The summed E-state index contributed by atoms with van der Waals surface area (Å²) in [5, 5.41) is 2.80. The number of aryl methyl sites for hydroxylation is 1. The summed E-state index contributed by atoms with van der Waals surface area (Å²) in [5.74, 6) is 0.240. The van der Waals surface area contributed by atoms with Gasteiger partial charge in [-0.15, -0.1) is 0 Å². The number of benzene rings is 1. The van der Waals surface area contributed by atoms with Crippen LogP contribution >= 0.6 is 0 Å². The van der Waals surface area contributed by atoms with Crippen molar-refractivity contribution in [2.45, 2.75) is 25.5 Å². The number of rotatable bonds is 7. The van der Waals surface area contributed by atoms with E-state index in [9.17, 15) is 9.59 Å². The first-order valence-corrected chi connectivity index (χ1v) is 8.79. The van der Waals surface area contributed by atoms with E-state index >= 15 is 0 Å². The molecule has 1 N–H and O–H groups in total. The standard InChI is InChI=1S/C19H23N3O5/c1-13-17(26-12-21-13)19(24)22-11-15(27-14-6-4-3-5-7-14)10-16(22)18(23)20-8-9-25-2/h3-7,12,15-16H,8-11H2,1-2H3,(H,20,23)/t15-,16-/m0/s1. The topological polar surface area (TPSA) is 93.9 Å². The Hall–Kier alpha value is -2.87. The fraction of sp³-hybridized carbons (Fsp3) is 0.421. The zero-order valence-corrected chi connectivity index (χ0v) is 15.4. The molecule has 1 aromatic heterocycles. The van der Waals surface area contributed by atoms with Crippen LogP contribution in [0.25, 0.3) is 0 Å². The third kappa shape index (κ3) is 4.46. The number of methoxy groups -OCH3 is 1. The van der Waals surface area contributed by atoms with Crippen LogP contribution in [0.1, 0.15) is 22.7 Å². The van der Waals surface area contributed by atoms with Crippen molar-refractivity contribution in [3.63, 3.8) is 0 Å². The van der Waals surface area contributed by atoms with Gasteiger partial charge >= 0.3 is 0 Å². The summed E-state index contributed by atoms with van der Waals surface area (Å²) < 4.78 is 16.1. The van der Waals surface area contributed by atoms with E-state index in [4.69, 9.17) is 13.9 Å². The summed E-state index contributed by atoms with van der Waals surface area (Å²) in [6.07, 6.45) is 1.33. The molecule has 8 nitrogen and oxygen atoms in total. The number of hydrogen-bond donors (Lipinski definition) is 1. The van der Waals surface area contributed by atoms with Crippen molar-refractivity contribution in [1.82, 2.24) is 15.2 Å². The van der Waals surface area contributed by atoms with Crippen molar-refractivity contribution in [1.29, 1.82) is 0 Å². The number of aromatic nitrogens is 1. The average molecular weight is 373 g/mol. The molecule has 144 valence electrons. The molecule has 0 radical (unpaired) electrons. The normalized spacial score (nSPS) is 19.1. The summed E-state index contributed by atoms with van der Waals surface area (Å²) >= 11 is 0. The number of amides is 2. The predicted octanol–water partition coefficient (Wildman–Crippen LogP) is 1.41. The van der Waals surface area contributed by atoms with Crippen LogP contribution in [0, 0.1) is 6.92 Å². The maximum atomic E-state index is 12.9. The molecule has 1 fully saturated rings. The lowest BCUT2D eigenvalue weighted by molar-refractivity contribution is -0.125. The number of hydrogen-bond acceptors (Lipinski definition) is 6. The van der Waals surface area contributed by atoms with Crippen LogP contribution in [0.15, 0.2) is 41.1 Å². The van der Waals surface area contributed by atoms with Crippen molar-refractivity contribution in [2.75, 3.05) is 26.8 Å². The molecular weight excluding hydrogens is 350 g/mol. The van der Waals surface area contributed by atoms with E-state index in [0.29, 0.717) is 31.0 Å². The number of ether oxygens (including phenoxy) is 2. The van der Waals surface area contributed by atoms with E-state index in [1.165, 1.54) is 11.3 Å². The monoisotopic (exact) mass is 373 g/mol. The molecule has 0 spiro atoms. The Morgan fingerprint density at radius 3 is 2.78 bits per heavy atom. The van der Waals surface area contributed by atoms with E-state index in [1.807, 2.05) is 30.3 Å². The van der Waals surface area contributed by atoms with Gasteiger partial charge in [-0.3, -0.25) is 9.59 Å². The number of oxazole rings is 1. The fourth-order valence-corrected chi connectivity index (χ4v) is 3.08. The Morgan fingerprint density at radius 1 is 1.33 bits per heavy atom. The van der Waals surface area contributed by atoms with Crippen molar-refractivity contribution < 1.29 is 23.5 Å². The van der Waals surface area contributed by atoms with Gasteiger partial charge in [-0.05, 0) is 19.1 Å². The van der Waals surface area contributed by atoms with Crippen molar-refractivity contribution >= 4 is 11.8 Å². The van der Waals surface area contributed by atoms with E-state index in [2.05, 4.69) is 10.3 Å². The Kier molecular flexibility index (Phi) is 6.08. The van der Waals surface area contributed by atoms with Crippen LogP contribution in [-0.2, 0) is 9.53 Å². The second-order valence-electron chi connectivity index (χ2n) is 6.31. The number of likely N-dealkylation sites (tertiary alicyclic amines) is 1. The van der Waals surface area contributed by atoms with Crippen LogP contribution in [0.4, 0.5) is 0 Å². The molecule has 2 atom stereocenters. The quantitative estimate of drug-likeness (QED) is 0.738. The van der Waals surface area contributed by atoms with E-state index < -0.39 is 6.04 Å². The lowest BCUT2D eigenvalue weighted by Crippen LogP contribution is -2.46. The van der Waals surface area contributed by atoms with Gasteiger partial charge in [-0.25, -0.2) is 4.98 Å². The van der Waals surface area contributed by atoms with Gasteiger partial charge in [0.05, 0.1) is 18.8 Å². The second-order valence-corrected chi connectivity index (χ2v) is 6.31. The number of carbonyl (C=O) groups excluding carboxylic acids is 2. The molecule has 1 aromatic carbocycles. The third-order valence-electron chi connectivity index (χ3n) is 4.42. The van der Waals surface area contributed by atoms with Crippen LogP contribution in [0.2, 0.25) is 0 Å². The predicted molar refractivity (Wildman–Crippen MR) is 96.4 cm³/mol. The van der Waals surface area contributed by atoms with Crippen molar-refractivity contribution in [3.8, 4) is 5.75 Å². The molecule has 0 aliphatic carbocycles. The molecule has 0 saturated carbocycles. The lowest BCUT2D eigenvalue weighted by Gasteiger charge is -2.22. The summed E-state index contributed by atoms with van der Waals surface area (Å²) in [7, 11) is 1.56. The zero-order chi connectivity index (χ0) is 19.2. The molecule has 2 heterocycles. The molecule has 2 aromatic rings. The van der Waals surface area contributed by atoms with Crippen molar-refractivity contribution in [3.05, 3.63) is 48.2 Å². The van der Waals surface area contributed by atoms with Crippen LogP contribution in [0.3, 0.4) is 0 Å². The molecule has 1 aliphatic heterocycles. The Labute approximate surface area is 157 Å². The maximum Gasteiger partial charge on any atom is 0.292 e. The van der Waals surface area contributed by atoms with Gasteiger partial charge in [-0.1, -0.05) is 18.2 Å². The highest BCUT2D eigenvalue weighted by Gasteiger charge is 2.42. The van der Waals surface area contributed by atoms with Crippen LogP contribution < -0.4 is 10.1 Å². The van der Waals surface area contributed by atoms with E-state index in [-0.39, 0.29) is 30.2 Å². The third-order valence-corrected chi connectivity index (χ3v) is 4.42. The Bertz CT molecular complexity index is 777. The van der Waals surface area contributed by atoms with Gasteiger partial charge in [0.15, 0.2) is 6.39 Å². The molecule has 1 aliphatic rings. The molecule has 3 rings (SSSR count). The Balaban J connectivity index is 1.75. The number of nitrogens with one attached hydrogen (secondary N) is 1. The first kappa shape index (κ1) is 18.9. The second kappa shape index (κ2) is 8.68. The summed E-state index contributed by atoms with van der Waals surface area (Å²) in [6.45, 7) is 2.76. The molecule has 8 heteroatoms. The minimum atomic E-state index is -0.646. The lowest BCUT2D eigenvalue weighted by atomic mass is 10.1. The van der Waals surface area contributed by atoms with Crippen molar-refractivity contribution in [2.24, 2.45) is 0 Å². The van der Waals surface area contributed by atoms with Gasteiger partial charge in [0.2, 0.25) is 11.7 Å². The van der Waals surface area contributed by atoms with Gasteiger partial charge in [0, 0.05) is 20.1 Å². The van der Waals surface area contributed by atoms with E-state index in [0.717, 1.165) is 0 Å². The smallest absolute Gasteiger partial charge is 0.292 e. The molecular formula is C19H23N3O5. The number of carbonyl (C=O) groups is 2. The number of nitrogens with zero attached hydrogens (tertiary/aromatic N) is 2. The van der Waals surface area contributed by atoms with Crippen LogP contribution in [-0.4, -0.2) is 60.7 Å². The molecule has 2 amide bonds. The minimum Gasteiger partial charge on any atom is -0.488 e. The summed E-state index contributed by atoms with van der Waals surface area (Å²) in [6, 6.07) is 8.70. The van der Waals surface area contributed by atoms with Gasteiger partial charge < -0.3 is 24.1 Å². The maximum absolute atomic E-state index is 12.9. The van der Waals surface area contributed by atoms with E-state index in [1.54, 1.807) is 14.0 Å². The van der Waals surface area contributed by atoms with Crippen LogP contribution in [0.5, 0.6) is 5.75 Å². The fourth-order valence-electron chi connectivity index (χ4n) is 3.08. The van der Waals surface area contributed by atoms with Gasteiger partial charge in [0.25, 0.3) is 5.91 Å². The van der Waals surface area contributed by atoms with Gasteiger partial charge in [-0.2, -0.15) is 0 Å². The minimum absolute atomic E-state index is 0.144.